The molecule has 1 N–H and O–H groups in total. The summed E-state index contributed by atoms with van der Waals surface area (Å²) in [6.07, 6.45) is 0. The number of hydrogen-bond donors (Lipinski definition) is 1. The summed E-state index contributed by atoms with van der Waals surface area (Å²) in [6, 6.07) is 13.3. The molecule has 9 nitrogen and oxygen atoms in total. The van der Waals surface area contributed by atoms with Crippen molar-refractivity contribution >= 4 is 17.8 Å². The summed E-state index contributed by atoms with van der Waals surface area (Å²) in [5, 5.41) is 0. The van der Waals surface area contributed by atoms with Crippen molar-refractivity contribution in [3.8, 4) is 11.5 Å². The number of methoxy groups -OCH3 is 3. The van der Waals surface area contributed by atoms with Gasteiger partial charge in [-0.15, -0.1) is 0 Å². The predicted octanol–water partition coefficient (Wildman–Crippen LogP) is 1.45. The Morgan fingerprint density at radius 1 is 1.03 bits per heavy atom. The number of ether oxygens (including phenoxy) is 3. The molecule has 2 atom stereocenters. The molecule has 0 aromatic heterocycles. The summed E-state index contributed by atoms with van der Waals surface area (Å²) in [5.41, 5.74) is 3.76. The van der Waals surface area contributed by atoms with Crippen molar-refractivity contribution in [3.63, 3.8) is 0 Å². The van der Waals surface area contributed by atoms with Gasteiger partial charge in [0.2, 0.25) is 5.91 Å². The van der Waals surface area contributed by atoms with E-state index < -0.39 is 29.7 Å². The summed E-state index contributed by atoms with van der Waals surface area (Å²) in [7, 11) is 4.23. The fourth-order valence-electron chi connectivity index (χ4n) is 3.36. The monoisotopic (exact) mass is 428 g/mol. The third-order valence-corrected chi connectivity index (χ3v) is 5.02. The largest absolute Gasteiger partial charge is 0.497 e. The highest BCUT2D eigenvalue weighted by Gasteiger charge is 2.56. The Kier molecular flexibility index (Phi) is 7.09. The molecule has 1 saturated heterocycles. The zero-order valence-electron chi connectivity index (χ0n) is 17.5. The predicted molar refractivity (Wildman–Crippen MR) is 109 cm³/mol. The van der Waals surface area contributed by atoms with Crippen LogP contribution in [0.4, 0.5) is 0 Å². The SMILES string of the molecule is COC(=O)[C@@H]1[C@H](C(=O)NOCc2ccccc2)C(=O)N1Cc1ccc(OC)cc1OC. The van der Waals surface area contributed by atoms with Gasteiger partial charge in [0.25, 0.3) is 5.91 Å². The first-order valence-corrected chi connectivity index (χ1v) is 9.55. The minimum Gasteiger partial charge on any atom is -0.497 e. The van der Waals surface area contributed by atoms with E-state index in [-0.39, 0.29) is 13.2 Å². The maximum absolute atomic E-state index is 12.7. The number of amides is 2. The van der Waals surface area contributed by atoms with Crippen LogP contribution in [0.5, 0.6) is 11.5 Å². The number of carbonyl (C=O) groups excluding carboxylic acids is 3. The quantitative estimate of drug-likeness (QED) is 0.279. The number of hydroxylamine groups is 1. The van der Waals surface area contributed by atoms with E-state index in [1.165, 1.54) is 26.2 Å². The molecule has 0 unspecified atom stereocenters. The van der Waals surface area contributed by atoms with Gasteiger partial charge in [-0.25, -0.2) is 10.3 Å². The molecular formula is C22H24N2O7. The average Bonchev–Trinajstić information content (AvgIpc) is 2.80. The van der Waals surface area contributed by atoms with Crippen LogP contribution < -0.4 is 15.0 Å². The van der Waals surface area contributed by atoms with Crippen molar-refractivity contribution in [2.24, 2.45) is 5.92 Å². The fraction of sp³-hybridized carbons (Fsp3) is 0.318. The summed E-state index contributed by atoms with van der Waals surface area (Å²) >= 11 is 0. The molecular weight excluding hydrogens is 404 g/mol. The Hall–Kier alpha value is -3.59. The van der Waals surface area contributed by atoms with E-state index >= 15 is 0 Å². The van der Waals surface area contributed by atoms with Crippen molar-refractivity contribution in [1.29, 1.82) is 0 Å². The number of nitrogens with one attached hydrogen (secondary N) is 1. The molecule has 9 heteroatoms. The minimum absolute atomic E-state index is 0.0699. The van der Waals surface area contributed by atoms with Gasteiger partial charge in [0, 0.05) is 11.6 Å². The van der Waals surface area contributed by atoms with Crippen LogP contribution in [0.15, 0.2) is 48.5 Å². The highest BCUT2D eigenvalue weighted by Crippen LogP contribution is 2.33. The molecule has 0 radical (unpaired) electrons. The van der Waals surface area contributed by atoms with Crippen molar-refractivity contribution in [2.75, 3.05) is 21.3 Å². The smallest absolute Gasteiger partial charge is 0.329 e. The Morgan fingerprint density at radius 3 is 2.42 bits per heavy atom. The maximum atomic E-state index is 12.7. The van der Waals surface area contributed by atoms with Crippen molar-refractivity contribution in [3.05, 3.63) is 59.7 Å². The Labute approximate surface area is 179 Å². The lowest BCUT2D eigenvalue weighted by Gasteiger charge is -2.44. The zero-order chi connectivity index (χ0) is 22.4. The minimum atomic E-state index is -1.23. The molecule has 31 heavy (non-hydrogen) atoms. The summed E-state index contributed by atoms with van der Waals surface area (Å²) < 4.78 is 15.3. The van der Waals surface area contributed by atoms with Gasteiger partial charge in [0.1, 0.15) is 17.4 Å². The van der Waals surface area contributed by atoms with Gasteiger partial charge in [-0.3, -0.25) is 14.4 Å². The van der Waals surface area contributed by atoms with E-state index in [9.17, 15) is 14.4 Å². The lowest BCUT2D eigenvalue weighted by molar-refractivity contribution is -0.180. The second kappa shape index (κ2) is 9.94. The molecule has 1 aliphatic heterocycles. The number of esters is 1. The number of hydrogen-bond acceptors (Lipinski definition) is 7. The molecule has 0 saturated carbocycles. The molecule has 1 heterocycles. The number of rotatable bonds is 9. The van der Waals surface area contributed by atoms with Gasteiger partial charge >= 0.3 is 5.97 Å². The molecule has 1 fully saturated rings. The van der Waals surface area contributed by atoms with Crippen LogP contribution in [0.2, 0.25) is 0 Å². The van der Waals surface area contributed by atoms with Gasteiger partial charge in [-0.2, -0.15) is 0 Å². The lowest BCUT2D eigenvalue weighted by atomic mass is 9.86. The fourth-order valence-corrected chi connectivity index (χ4v) is 3.36. The van der Waals surface area contributed by atoms with E-state index in [4.69, 9.17) is 19.0 Å². The molecule has 1 aliphatic rings. The molecule has 2 aromatic rings. The third kappa shape index (κ3) is 4.77. The standard InChI is InChI=1S/C22H24N2O7/c1-28-16-10-9-15(17(11-16)29-2)12-24-19(22(27)30-3)18(21(24)26)20(25)23-31-13-14-7-5-4-6-8-14/h4-11,18-19H,12-13H2,1-3H3,(H,23,25)/t18-,19+/m1/s1. The van der Waals surface area contributed by atoms with Crippen LogP contribution in [0, 0.1) is 5.92 Å². The van der Waals surface area contributed by atoms with Crippen molar-refractivity contribution in [1.82, 2.24) is 10.4 Å². The number of nitrogens with zero attached hydrogens (tertiary/aromatic N) is 1. The highest BCUT2D eigenvalue weighted by atomic mass is 16.7. The highest BCUT2D eigenvalue weighted by molar-refractivity contribution is 6.11. The first-order valence-electron chi connectivity index (χ1n) is 9.55. The first-order chi connectivity index (χ1) is 15.0. The first kappa shape index (κ1) is 22.1. The third-order valence-electron chi connectivity index (χ3n) is 5.02. The van der Waals surface area contributed by atoms with E-state index in [0.29, 0.717) is 17.1 Å². The Morgan fingerprint density at radius 2 is 1.77 bits per heavy atom. The summed E-state index contributed by atoms with van der Waals surface area (Å²) in [4.78, 5) is 44.1. The van der Waals surface area contributed by atoms with Gasteiger partial charge in [0.05, 0.1) is 34.5 Å². The van der Waals surface area contributed by atoms with Gasteiger partial charge in [-0.05, 0) is 17.7 Å². The number of benzene rings is 2. The maximum Gasteiger partial charge on any atom is 0.329 e. The van der Waals surface area contributed by atoms with E-state index in [1.807, 2.05) is 30.3 Å². The second-order valence-electron chi connectivity index (χ2n) is 6.83. The van der Waals surface area contributed by atoms with Crippen molar-refractivity contribution < 1.29 is 33.4 Å². The number of carbonyl (C=O) groups is 3. The second-order valence-corrected chi connectivity index (χ2v) is 6.83. The van der Waals surface area contributed by atoms with Crippen LogP contribution in [-0.2, 0) is 37.1 Å². The molecule has 2 amide bonds. The summed E-state index contributed by atoms with van der Waals surface area (Å²) in [6.45, 7) is 0.198. The lowest BCUT2D eigenvalue weighted by Crippen LogP contribution is -2.68. The molecule has 0 bridgehead atoms. The molecule has 0 aliphatic carbocycles. The topological polar surface area (TPSA) is 103 Å². The van der Waals surface area contributed by atoms with E-state index in [1.54, 1.807) is 18.2 Å². The van der Waals surface area contributed by atoms with Crippen LogP contribution in [0.3, 0.4) is 0 Å². The summed E-state index contributed by atoms with van der Waals surface area (Å²) in [5.74, 6) is -2.03. The molecule has 164 valence electrons. The molecule has 2 aromatic carbocycles. The van der Waals surface area contributed by atoms with E-state index in [2.05, 4.69) is 5.48 Å². The molecule has 0 spiro atoms. The van der Waals surface area contributed by atoms with Crippen LogP contribution in [0.25, 0.3) is 0 Å². The van der Waals surface area contributed by atoms with Gasteiger partial charge in [-0.1, -0.05) is 30.3 Å². The Bertz CT molecular complexity index is 948. The Balaban J connectivity index is 1.68. The van der Waals surface area contributed by atoms with Crippen molar-refractivity contribution in [2.45, 2.75) is 19.2 Å². The zero-order valence-corrected chi connectivity index (χ0v) is 17.5. The van der Waals surface area contributed by atoms with E-state index in [0.717, 1.165) is 5.56 Å². The normalized spacial score (nSPS) is 17.5. The number of likely N-dealkylation sites (tertiary alicyclic amines) is 1. The van der Waals surface area contributed by atoms with Gasteiger partial charge < -0.3 is 19.1 Å². The van der Waals surface area contributed by atoms with Crippen LogP contribution >= 0.6 is 0 Å². The van der Waals surface area contributed by atoms with Crippen LogP contribution in [-0.4, -0.2) is 50.1 Å². The number of β-lactam (4-membered cyclic amide) rings is 1. The average molecular weight is 428 g/mol. The molecule has 3 rings (SSSR count). The van der Waals surface area contributed by atoms with Gasteiger partial charge in [0.15, 0.2) is 6.04 Å². The van der Waals surface area contributed by atoms with Crippen LogP contribution in [0.1, 0.15) is 11.1 Å².